The van der Waals surface area contributed by atoms with Crippen LogP contribution in [0.1, 0.15) is 5.56 Å². The first-order valence-corrected chi connectivity index (χ1v) is 8.79. The number of nitrogens with zero attached hydrogens (tertiary/aromatic N) is 5. The third-order valence-corrected chi connectivity index (χ3v) is 4.72. The Hall–Kier alpha value is -3.94. The van der Waals surface area contributed by atoms with Gasteiger partial charge in [0.2, 0.25) is 5.82 Å². The number of rotatable bonds is 4. The number of hydrogen-bond acceptors (Lipinski definition) is 6. The summed E-state index contributed by atoms with van der Waals surface area (Å²) in [4.78, 5) is 4.86. The number of tetrazole rings is 1. The molecule has 0 unspecified atom stereocenters. The zero-order valence-corrected chi connectivity index (χ0v) is 15.3. The van der Waals surface area contributed by atoms with Crippen LogP contribution in [-0.2, 0) is 0 Å². The zero-order valence-electron chi connectivity index (χ0n) is 15.3. The lowest BCUT2D eigenvalue weighted by molar-refractivity contribution is 0.412. The van der Waals surface area contributed by atoms with Crippen LogP contribution in [0.25, 0.3) is 27.9 Å². The van der Waals surface area contributed by atoms with Crippen LogP contribution in [0, 0.1) is 6.92 Å². The first-order chi connectivity index (χ1) is 13.7. The molecule has 8 nitrogen and oxygen atoms in total. The van der Waals surface area contributed by atoms with Crippen molar-refractivity contribution < 1.29 is 4.74 Å². The van der Waals surface area contributed by atoms with E-state index in [1.54, 1.807) is 7.11 Å². The van der Waals surface area contributed by atoms with Gasteiger partial charge in [-0.05, 0) is 66.2 Å². The van der Waals surface area contributed by atoms with Crippen LogP contribution in [0.2, 0.25) is 0 Å². The van der Waals surface area contributed by atoms with Crippen LogP contribution >= 0.6 is 0 Å². The van der Waals surface area contributed by atoms with E-state index in [0.717, 1.165) is 44.9 Å². The van der Waals surface area contributed by atoms with Gasteiger partial charge in [0.05, 0.1) is 23.7 Å². The van der Waals surface area contributed by atoms with Crippen molar-refractivity contribution in [2.45, 2.75) is 6.92 Å². The SMILES string of the molecule is COc1ccc(Nc2nc3cc(-c4nn[nH]n4)ccc3n3cccc23)cc1C. The maximum atomic E-state index is 5.35. The molecule has 138 valence electrons. The predicted octanol–water partition coefficient (Wildman–Crippen LogP) is 3.73. The molecule has 28 heavy (non-hydrogen) atoms. The molecule has 0 saturated heterocycles. The fourth-order valence-corrected chi connectivity index (χ4v) is 3.39. The Balaban J connectivity index is 1.64. The van der Waals surface area contributed by atoms with Crippen LogP contribution in [0.4, 0.5) is 11.5 Å². The number of ether oxygens (including phenoxy) is 1. The summed E-state index contributed by atoms with van der Waals surface area (Å²) in [5, 5.41) is 17.7. The highest BCUT2D eigenvalue weighted by Crippen LogP contribution is 2.29. The van der Waals surface area contributed by atoms with Crippen LogP contribution in [-0.4, -0.2) is 37.1 Å². The van der Waals surface area contributed by atoms with E-state index in [9.17, 15) is 0 Å². The summed E-state index contributed by atoms with van der Waals surface area (Å²) in [5.74, 6) is 2.17. The van der Waals surface area contributed by atoms with E-state index in [1.807, 2.05) is 61.7 Å². The topological polar surface area (TPSA) is 93.0 Å². The van der Waals surface area contributed by atoms with Gasteiger partial charge in [0.15, 0.2) is 5.82 Å². The van der Waals surface area contributed by atoms with Crippen molar-refractivity contribution in [1.82, 2.24) is 30.0 Å². The molecule has 0 aliphatic carbocycles. The van der Waals surface area contributed by atoms with E-state index < -0.39 is 0 Å². The van der Waals surface area contributed by atoms with Crippen molar-refractivity contribution in [3.63, 3.8) is 0 Å². The molecule has 8 heteroatoms. The maximum absolute atomic E-state index is 5.35. The van der Waals surface area contributed by atoms with Crippen LogP contribution in [0.15, 0.2) is 54.7 Å². The number of aryl methyl sites for hydroxylation is 1. The standard InChI is InChI=1S/C20H17N7O/c1-12-10-14(6-8-18(12)28-2)21-20-17-4-3-9-27(17)16-7-5-13(11-15(16)22-20)19-23-25-26-24-19/h3-11H,1-2H3,(H,21,22)(H,23,24,25,26). The van der Waals surface area contributed by atoms with Crippen LogP contribution in [0.3, 0.4) is 0 Å². The minimum Gasteiger partial charge on any atom is -0.496 e. The van der Waals surface area contributed by atoms with Crippen molar-refractivity contribution in [2.24, 2.45) is 0 Å². The Morgan fingerprint density at radius 2 is 2.00 bits per heavy atom. The highest BCUT2D eigenvalue weighted by atomic mass is 16.5. The summed E-state index contributed by atoms with van der Waals surface area (Å²) in [6, 6.07) is 16.0. The van der Waals surface area contributed by atoms with Gasteiger partial charge in [-0.15, -0.1) is 10.2 Å². The molecule has 0 spiro atoms. The molecule has 3 heterocycles. The Bertz CT molecular complexity index is 1290. The molecule has 5 aromatic rings. The molecule has 0 radical (unpaired) electrons. The lowest BCUT2D eigenvalue weighted by Crippen LogP contribution is -2.00. The molecule has 0 fully saturated rings. The molecule has 2 aromatic carbocycles. The molecular weight excluding hydrogens is 354 g/mol. The molecule has 2 N–H and O–H groups in total. The van der Waals surface area contributed by atoms with Gasteiger partial charge in [0, 0.05) is 17.4 Å². The number of nitrogens with one attached hydrogen (secondary N) is 2. The maximum Gasteiger partial charge on any atom is 0.204 e. The highest BCUT2D eigenvalue weighted by Gasteiger charge is 2.11. The lowest BCUT2D eigenvalue weighted by Gasteiger charge is -2.13. The molecule has 3 aromatic heterocycles. The minimum absolute atomic E-state index is 0.539. The summed E-state index contributed by atoms with van der Waals surface area (Å²) in [6.45, 7) is 2.02. The van der Waals surface area contributed by atoms with E-state index >= 15 is 0 Å². The summed E-state index contributed by atoms with van der Waals surface area (Å²) in [7, 11) is 1.67. The van der Waals surface area contributed by atoms with Gasteiger partial charge in [-0.2, -0.15) is 5.21 Å². The number of anilines is 2. The van der Waals surface area contributed by atoms with Crippen molar-refractivity contribution in [3.05, 3.63) is 60.3 Å². The van der Waals surface area contributed by atoms with E-state index in [1.165, 1.54) is 0 Å². The van der Waals surface area contributed by atoms with E-state index in [0.29, 0.717) is 5.82 Å². The Morgan fingerprint density at radius 1 is 1.07 bits per heavy atom. The Labute approximate surface area is 160 Å². The molecular formula is C20H17N7O. The molecule has 0 amide bonds. The van der Waals surface area contributed by atoms with Gasteiger partial charge >= 0.3 is 0 Å². The molecule has 0 saturated carbocycles. The largest absolute Gasteiger partial charge is 0.496 e. The van der Waals surface area contributed by atoms with Crippen molar-refractivity contribution in [1.29, 1.82) is 0 Å². The average molecular weight is 371 g/mol. The van der Waals surface area contributed by atoms with E-state index in [-0.39, 0.29) is 0 Å². The smallest absolute Gasteiger partial charge is 0.204 e. The number of hydrogen-bond donors (Lipinski definition) is 2. The lowest BCUT2D eigenvalue weighted by atomic mass is 10.1. The van der Waals surface area contributed by atoms with Crippen molar-refractivity contribution >= 4 is 28.1 Å². The fourth-order valence-electron chi connectivity index (χ4n) is 3.39. The third-order valence-electron chi connectivity index (χ3n) is 4.72. The molecule has 0 atom stereocenters. The summed E-state index contributed by atoms with van der Waals surface area (Å²) < 4.78 is 7.46. The van der Waals surface area contributed by atoms with Gasteiger partial charge in [-0.25, -0.2) is 4.98 Å². The minimum atomic E-state index is 0.539. The number of methoxy groups -OCH3 is 1. The summed E-state index contributed by atoms with van der Waals surface area (Å²) in [6.07, 6.45) is 2.03. The second-order valence-corrected chi connectivity index (χ2v) is 6.47. The Morgan fingerprint density at radius 3 is 2.79 bits per heavy atom. The molecule has 0 bridgehead atoms. The number of aromatic nitrogens is 6. The zero-order chi connectivity index (χ0) is 19.1. The van der Waals surface area contributed by atoms with Crippen LogP contribution in [0.5, 0.6) is 5.75 Å². The second-order valence-electron chi connectivity index (χ2n) is 6.47. The van der Waals surface area contributed by atoms with E-state index in [2.05, 4.69) is 30.3 Å². The molecule has 0 aliphatic rings. The summed E-state index contributed by atoms with van der Waals surface area (Å²) >= 11 is 0. The third kappa shape index (κ3) is 2.62. The fraction of sp³-hybridized carbons (Fsp3) is 0.100. The first-order valence-electron chi connectivity index (χ1n) is 8.79. The first kappa shape index (κ1) is 16.2. The molecule has 0 aliphatic heterocycles. The van der Waals surface area contributed by atoms with Gasteiger partial charge < -0.3 is 14.5 Å². The van der Waals surface area contributed by atoms with Crippen LogP contribution < -0.4 is 10.1 Å². The van der Waals surface area contributed by atoms with Crippen molar-refractivity contribution in [3.8, 4) is 17.1 Å². The van der Waals surface area contributed by atoms with Gasteiger partial charge in [0.1, 0.15) is 5.75 Å². The predicted molar refractivity (Wildman–Crippen MR) is 107 cm³/mol. The van der Waals surface area contributed by atoms with Gasteiger partial charge in [0.25, 0.3) is 0 Å². The normalized spacial score (nSPS) is 11.2. The number of benzene rings is 2. The number of fused-ring (bicyclic) bond motifs is 3. The van der Waals surface area contributed by atoms with Gasteiger partial charge in [-0.3, -0.25) is 0 Å². The van der Waals surface area contributed by atoms with Gasteiger partial charge in [-0.1, -0.05) is 0 Å². The quantitative estimate of drug-likeness (QED) is 0.500. The average Bonchev–Trinajstić information content (AvgIpc) is 3.40. The number of H-pyrrole nitrogens is 1. The monoisotopic (exact) mass is 371 g/mol. The molecule has 5 rings (SSSR count). The highest BCUT2D eigenvalue weighted by molar-refractivity contribution is 5.88. The summed E-state index contributed by atoms with van der Waals surface area (Å²) in [5.41, 5.74) is 5.68. The second kappa shape index (κ2) is 6.34. The Kier molecular flexibility index (Phi) is 3.68. The van der Waals surface area contributed by atoms with E-state index in [4.69, 9.17) is 9.72 Å². The number of aromatic amines is 1. The van der Waals surface area contributed by atoms with Crippen molar-refractivity contribution in [2.75, 3.05) is 12.4 Å².